The van der Waals surface area contributed by atoms with Gasteiger partial charge in [-0.15, -0.1) is 0 Å². The van der Waals surface area contributed by atoms with Gasteiger partial charge in [-0.1, -0.05) is 0 Å². The van der Waals surface area contributed by atoms with Crippen LogP contribution in [0.4, 0.5) is 14.6 Å². The highest BCUT2D eigenvalue weighted by Gasteiger charge is 2.27. The summed E-state index contributed by atoms with van der Waals surface area (Å²) in [5, 5.41) is 10.4. The zero-order valence-corrected chi connectivity index (χ0v) is 9.64. The number of nitrogens with zero attached hydrogens (tertiary/aromatic N) is 2. The molecule has 1 heterocycles. The molecule has 0 aliphatic rings. The molecule has 0 aromatic carbocycles. The van der Waals surface area contributed by atoms with E-state index in [2.05, 4.69) is 4.98 Å². The third-order valence-electron chi connectivity index (χ3n) is 1.66. The van der Waals surface area contributed by atoms with Crippen LogP contribution < -0.4 is 5.73 Å². The van der Waals surface area contributed by atoms with E-state index in [1.807, 2.05) is 0 Å². The van der Waals surface area contributed by atoms with Gasteiger partial charge in [-0.05, 0) is 9.91 Å². The first kappa shape index (κ1) is 12.7. The Labute approximate surface area is 101 Å². The molecule has 2 N–H and O–H groups in total. The number of nitro groups is 1. The SMILES string of the molecule is NC(=O)c1c(C(F)F)cc([N+](=O)[O-])nc1I. The summed E-state index contributed by atoms with van der Waals surface area (Å²) in [6, 6.07) is 0.549. The van der Waals surface area contributed by atoms with Crippen LogP contribution in [0.15, 0.2) is 6.07 Å². The molecule has 1 rings (SSSR count). The van der Waals surface area contributed by atoms with Crippen molar-refractivity contribution in [2.45, 2.75) is 6.43 Å². The molecule has 1 aromatic rings. The second-order valence-corrected chi connectivity index (χ2v) is 3.68. The van der Waals surface area contributed by atoms with E-state index in [9.17, 15) is 23.7 Å². The smallest absolute Gasteiger partial charge is 0.365 e. The number of amides is 1. The first-order valence-electron chi connectivity index (χ1n) is 3.77. The van der Waals surface area contributed by atoms with Gasteiger partial charge in [0, 0.05) is 34.2 Å². The van der Waals surface area contributed by atoms with E-state index >= 15 is 0 Å². The largest absolute Gasteiger partial charge is 0.365 e. The number of halogens is 3. The number of aromatic nitrogens is 1. The van der Waals surface area contributed by atoms with Crippen molar-refractivity contribution in [3.05, 3.63) is 31.0 Å². The molecule has 0 unspecified atom stereocenters. The standard InChI is InChI=1S/C7H4F2IN3O3/c8-5(9)2-1-3(13(15)16)12-6(10)4(2)7(11)14/h1,5H,(H2,11,14). The fourth-order valence-electron chi connectivity index (χ4n) is 1.03. The molecule has 16 heavy (non-hydrogen) atoms. The van der Waals surface area contributed by atoms with Crippen molar-refractivity contribution < 1.29 is 18.5 Å². The first-order valence-corrected chi connectivity index (χ1v) is 4.85. The molecule has 0 atom stereocenters. The Hall–Kier alpha value is -1.39. The topological polar surface area (TPSA) is 99.1 Å². The summed E-state index contributed by atoms with van der Waals surface area (Å²) in [4.78, 5) is 23.8. The maximum absolute atomic E-state index is 12.5. The van der Waals surface area contributed by atoms with Crippen LogP contribution in [0.25, 0.3) is 0 Å². The van der Waals surface area contributed by atoms with Crippen LogP contribution >= 0.6 is 22.6 Å². The molecule has 0 aliphatic heterocycles. The number of hydrogen-bond donors (Lipinski definition) is 1. The number of hydrogen-bond acceptors (Lipinski definition) is 4. The number of rotatable bonds is 3. The van der Waals surface area contributed by atoms with Crippen LogP contribution in [-0.2, 0) is 0 Å². The molecule has 0 spiro atoms. The van der Waals surface area contributed by atoms with Crippen LogP contribution in [0.2, 0.25) is 0 Å². The molecule has 0 radical (unpaired) electrons. The number of carbonyl (C=O) groups excluding carboxylic acids is 1. The average Bonchev–Trinajstić information content (AvgIpc) is 2.15. The highest BCUT2D eigenvalue weighted by molar-refractivity contribution is 14.1. The number of alkyl halides is 2. The van der Waals surface area contributed by atoms with Gasteiger partial charge in [-0.2, -0.15) is 0 Å². The molecule has 6 nitrogen and oxygen atoms in total. The van der Waals surface area contributed by atoms with Gasteiger partial charge >= 0.3 is 5.82 Å². The summed E-state index contributed by atoms with van der Waals surface area (Å²) in [7, 11) is 0. The van der Waals surface area contributed by atoms with Gasteiger partial charge in [0.1, 0.15) is 5.56 Å². The predicted molar refractivity (Wildman–Crippen MR) is 57.1 cm³/mol. The minimum atomic E-state index is -3.03. The van der Waals surface area contributed by atoms with Crippen molar-refractivity contribution in [3.8, 4) is 0 Å². The van der Waals surface area contributed by atoms with E-state index in [4.69, 9.17) is 5.73 Å². The Balaban J connectivity index is 3.51. The van der Waals surface area contributed by atoms with Crippen molar-refractivity contribution in [1.29, 1.82) is 0 Å². The number of primary amides is 1. The summed E-state index contributed by atoms with van der Waals surface area (Å²) >= 11 is 1.44. The maximum atomic E-state index is 12.5. The van der Waals surface area contributed by atoms with Crippen molar-refractivity contribution in [2.24, 2.45) is 5.73 Å². The molecule has 0 saturated carbocycles. The minimum absolute atomic E-state index is 0.213. The normalized spacial score (nSPS) is 10.5. The van der Waals surface area contributed by atoms with E-state index < -0.39 is 34.2 Å². The zero-order chi connectivity index (χ0) is 12.5. The number of pyridine rings is 1. The Kier molecular flexibility index (Phi) is 3.67. The third-order valence-corrected chi connectivity index (χ3v) is 2.44. The molecule has 86 valence electrons. The highest BCUT2D eigenvalue weighted by Crippen LogP contribution is 2.28. The van der Waals surface area contributed by atoms with Gasteiger partial charge < -0.3 is 15.8 Å². The molecule has 1 aromatic heterocycles. The molecule has 0 fully saturated rings. The van der Waals surface area contributed by atoms with E-state index in [1.165, 1.54) is 22.6 Å². The molecular weight excluding hydrogens is 339 g/mol. The Bertz CT molecular complexity index is 466. The van der Waals surface area contributed by atoms with Crippen LogP contribution in [0.1, 0.15) is 22.3 Å². The van der Waals surface area contributed by atoms with Gasteiger partial charge in [0.25, 0.3) is 12.3 Å². The van der Waals surface area contributed by atoms with Gasteiger partial charge in [-0.25, -0.2) is 8.78 Å². The monoisotopic (exact) mass is 343 g/mol. The summed E-state index contributed by atoms with van der Waals surface area (Å²) in [6.07, 6.45) is -3.03. The summed E-state index contributed by atoms with van der Waals surface area (Å²) in [6.45, 7) is 0. The molecule has 0 bridgehead atoms. The Morgan fingerprint density at radius 1 is 1.62 bits per heavy atom. The predicted octanol–water partition coefficient (Wildman–Crippen LogP) is 1.63. The number of nitrogens with two attached hydrogens (primary N) is 1. The van der Waals surface area contributed by atoms with Gasteiger partial charge in [0.05, 0.1) is 0 Å². The lowest BCUT2D eigenvalue weighted by molar-refractivity contribution is -0.389. The Morgan fingerprint density at radius 3 is 2.56 bits per heavy atom. The summed E-state index contributed by atoms with van der Waals surface area (Å²) in [5.74, 6) is -1.84. The van der Waals surface area contributed by atoms with Crippen LogP contribution in [0.3, 0.4) is 0 Å². The zero-order valence-electron chi connectivity index (χ0n) is 7.49. The summed E-state index contributed by atoms with van der Waals surface area (Å²) < 4.78 is 24.9. The fourth-order valence-corrected chi connectivity index (χ4v) is 1.85. The van der Waals surface area contributed by atoms with Gasteiger partial charge in [0.2, 0.25) is 3.70 Å². The molecule has 0 saturated heterocycles. The third kappa shape index (κ3) is 2.40. The lowest BCUT2D eigenvalue weighted by Crippen LogP contribution is -2.17. The first-order chi connectivity index (χ1) is 7.34. The second-order valence-electron chi connectivity index (χ2n) is 2.66. The van der Waals surface area contributed by atoms with Crippen LogP contribution in [0.5, 0.6) is 0 Å². The van der Waals surface area contributed by atoms with E-state index in [0.717, 1.165) is 0 Å². The maximum Gasteiger partial charge on any atom is 0.365 e. The molecule has 1 amide bonds. The number of carbonyl (C=O) groups is 1. The quantitative estimate of drug-likeness (QED) is 0.390. The van der Waals surface area contributed by atoms with Crippen molar-refractivity contribution in [2.75, 3.05) is 0 Å². The van der Waals surface area contributed by atoms with Crippen molar-refractivity contribution >= 4 is 34.3 Å². The van der Waals surface area contributed by atoms with E-state index in [1.54, 1.807) is 0 Å². The van der Waals surface area contributed by atoms with Gasteiger partial charge in [0.15, 0.2) is 0 Å². The van der Waals surface area contributed by atoms with Gasteiger partial charge in [-0.3, -0.25) is 4.79 Å². The van der Waals surface area contributed by atoms with Crippen molar-refractivity contribution in [1.82, 2.24) is 4.98 Å². The lowest BCUT2D eigenvalue weighted by atomic mass is 10.1. The van der Waals surface area contributed by atoms with Crippen LogP contribution in [-0.4, -0.2) is 15.8 Å². The second kappa shape index (κ2) is 4.63. The average molecular weight is 343 g/mol. The minimum Gasteiger partial charge on any atom is -0.365 e. The van der Waals surface area contributed by atoms with E-state index in [0.29, 0.717) is 6.07 Å². The van der Waals surface area contributed by atoms with E-state index in [-0.39, 0.29) is 3.70 Å². The Morgan fingerprint density at radius 2 is 2.19 bits per heavy atom. The molecule has 0 aliphatic carbocycles. The highest BCUT2D eigenvalue weighted by atomic mass is 127. The van der Waals surface area contributed by atoms with Crippen LogP contribution in [0, 0.1) is 13.8 Å². The van der Waals surface area contributed by atoms with Crippen molar-refractivity contribution in [3.63, 3.8) is 0 Å². The summed E-state index contributed by atoms with van der Waals surface area (Å²) in [5.41, 5.74) is 3.63. The lowest BCUT2D eigenvalue weighted by Gasteiger charge is -2.05. The molecule has 9 heteroatoms. The molecular formula is C7H4F2IN3O3. The fraction of sp³-hybridized carbons (Fsp3) is 0.143.